The molecule has 0 bridgehead atoms. The summed E-state index contributed by atoms with van der Waals surface area (Å²) >= 11 is 0. The molecule has 6 atom stereocenters. The second-order valence-electron chi connectivity index (χ2n) is 13.6. The number of allylic oxidation sites excluding steroid dienone is 7. The third-order valence-corrected chi connectivity index (χ3v) is 13.1. The number of nitrogens with zero attached hydrogens (tertiary/aromatic N) is 1. The molecule has 6 nitrogen and oxygen atoms in total. The van der Waals surface area contributed by atoms with Crippen molar-refractivity contribution in [2.24, 2.45) is 33.0 Å². The van der Waals surface area contributed by atoms with Crippen molar-refractivity contribution in [3.05, 3.63) is 46.3 Å². The fourth-order valence-corrected chi connectivity index (χ4v) is 9.67. The van der Waals surface area contributed by atoms with E-state index in [1.165, 1.54) is 19.8 Å². The van der Waals surface area contributed by atoms with Crippen molar-refractivity contribution < 1.29 is 22.9 Å². The third-order valence-electron chi connectivity index (χ3n) is 11.8. The summed E-state index contributed by atoms with van der Waals surface area (Å²) in [5, 5.41) is 10.0. The number of nitriles is 1. The lowest BCUT2D eigenvalue weighted by Gasteiger charge is -2.69. The van der Waals surface area contributed by atoms with Gasteiger partial charge in [0.15, 0.2) is 5.76 Å². The van der Waals surface area contributed by atoms with Crippen molar-refractivity contribution >= 4 is 13.6 Å². The van der Waals surface area contributed by atoms with Crippen LogP contribution in [0, 0.1) is 44.3 Å². The van der Waals surface area contributed by atoms with Gasteiger partial charge >= 0.3 is 7.82 Å². The number of phosphoric acid groups is 1. The Morgan fingerprint density at radius 1 is 0.974 bits per heavy atom. The molecule has 5 rings (SSSR count). The molecule has 0 aromatic carbocycles. The minimum atomic E-state index is -3.86. The maximum atomic E-state index is 13.4. The number of phosphoric ester groups is 1. The molecule has 0 aliphatic heterocycles. The van der Waals surface area contributed by atoms with E-state index in [0.717, 1.165) is 56.1 Å². The summed E-state index contributed by atoms with van der Waals surface area (Å²) < 4.78 is 28.1. The van der Waals surface area contributed by atoms with Crippen LogP contribution in [0.5, 0.6) is 0 Å². The van der Waals surface area contributed by atoms with E-state index >= 15 is 0 Å². The Kier molecular flexibility index (Phi) is 6.20. The summed E-state index contributed by atoms with van der Waals surface area (Å²) in [6.07, 6.45) is 13.4. The van der Waals surface area contributed by atoms with E-state index in [-0.39, 0.29) is 38.6 Å². The summed E-state index contributed by atoms with van der Waals surface area (Å²) in [4.78, 5) is 13.4. The van der Waals surface area contributed by atoms with Crippen LogP contribution in [0.3, 0.4) is 0 Å². The predicted molar refractivity (Wildman–Crippen MR) is 147 cm³/mol. The van der Waals surface area contributed by atoms with Crippen molar-refractivity contribution in [2.45, 2.75) is 86.5 Å². The van der Waals surface area contributed by atoms with Gasteiger partial charge in [-0.05, 0) is 98.2 Å². The Labute approximate surface area is 227 Å². The van der Waals surface area contributed by atoms with Crippen LogP contribution in [-0.4, -0.2) is 20.0 Å². The van der Waals surface area contributed by atoms with Gasteiger partial charge in [0.25, 0.3) is 0 Å². The van der Waals surface area contributed by atoms with E-state index in [1.807, 2.05) is 6.92 Å². The smallest absolute Gasteiger partial charge is 0.400 e. The zero-order valence-electron chi connectivity index (χ0n) is 24.2. The summed E-state index contributed by atoms with van der Waals surface area (Å²) in [6, 6.07) is 2.67. The molecule has 0 spiro atoms. The van der Waals surface area contributed by atoms with Crippen molar-refractivity contribution in [3.8, 4) is 6.07 Å². The molecule has 3 fully saturated rings. The first-order valence-electron chi connectivity index (χ1n) is 13.9. The topological polar surface area (TPSA) is 85.6 Å². The fraction of sp³-hybridized carbons (Fsp3) is 0.677. The van der Waals surface area contributed by atoms with Crippen molar-refractivity contribution in [3.63, 3.8) is 0 Å². The van der Waals surface area contributed by atoms with Crippen LogP contribution in [0.4, 0.5) is 0 Å². The molecule has 7 heteroatoms. The number of ketones is 1. The minimum absolute atomic E-state index is 0.0192. The monoisotopic (exact) mass is 539 g/mol. The van der Waals surface area contributed by atoms with Crippen LogP contribution in [-0.2, 0) is 22.9 Å². The molecule has 0 heterocycles. The van der Waals surface area contributed by atoms with Crippen LogP contribution in [0.2, 0.25) is 0 Å². The van der Waals surface area contributed by atoms with E-state index in [2.05, 4.69) is 52.8 Å². The summed E-state index contributed by atoms with van der Waals surface area (Å²) in [5.41, 5.74) is 3.78. The fourth-order valence-electron chi connectivity index (χ4n) is 8.92. The lowest BCUT2D eigenvalue weighted by atomic mass is 9.34. The van der Waals surface area contributed by atoms with Gasteiger partial charge < -0.3 is 4.52 Å². The SMILES string of the molecule is COP(=O)(OC)OC1=C(C)C2=CC=C3[C@@](C)(CC[C@@]4(C)C5C[C@](C)(C#N)CC[C@]5(C)CC[C@]34C)C2=CC1=O. The van der Waals surface area contributed by atoms with Crippen LogP contribution in [0.25, 0.3) is 0 Å². The van der Waals surface area contributed by atoms with Gasteiger partial charge in [-0.15, -0.1) is 0 Å². The molecule has 0 N–H and O–H groups in total. The standard InChI is InChI=1S/C31H42NO5P/c1-20-21-9-10-24-29(4,22(21)17-23(33)26(20)37-38(34,35-7)36-8)14-16-31(6)25-18-27(2,19-32)11-12-28(25,3)13-15-30(24,31)5/h9-10,17,25H,11-16,18H2,1-8H3/t25?,27-,28-,29+,30-,31+/m1/s1. The normalized spacial score (nSPS) is 42.4. The molecule has 0 aromatic heterocycles. The molecule has 0 amide bonds. The Morgan fingerprint density at radius 3 is 2.26 bits per heavy atom. The van der Waals surface area contributed by atoms with Crippen LogP contribution in [0.1, 0.15) is 86.5 Å². The molecule has 0 aromatic rings. The number of carbonyl (C=O) groups is 1. The number of fused-ring (bicyclic) bond motifs is 7. The lowest BCUT2D eigenvalue weighted by Crippen LogP contribution is -2.61. The van der Waals surface area contributed by atoms with E-state index in [0.29, 0.717) is 11.5 Å². The second-order valence-corrected chi connectivity index (χ2v) is 15.4. The molecule has 0 saturated heterocycles. The molecule has 0 radical (unpaired) electrons. The van der Waals surface area contributed by atoms with E-state index in [4.69, 9.17) is 13.6 Å². The average molecular weight is 540 g/mol. The first-order chi connectivity index (χ1) is 17.6. The zero-order valence-corrected chi connectivity index (χ0v) is 25.1. The van der Waals surface area contributed by atoms with Gasteiger partial charge in [0.2, 0.25) is 5.78 Å². The van der Waals surface area contributed by atoms with Crippen LogP contribution in [0.15, 0.2) is 46.3 Å². The van der Waals surface area contributed by atoms with Gasteiger partial charge in [0.1, 0.15) is 0 Å². The maximum absolute atomic E-state index is 13.4. The highest BCUT2D eigenvalue weighted by Crippen LogP contribution is 2.75. The maximum Gasteiger partial charge on any atom is 0.529 e. The molecule has 5 aliphatic rings. The highest BCUT2D eigenvalue weighted by atomic mass is 31.2. The number of carbonyl (C=O) groups excluding carboxylic acids is 1. The Hall–Kier alpha value is -1.93. The van der Waals surface area contributed by atoms with Gasteiger partial charge in [-0.3, -0.25) is 13.8 Å². The number of hydrogen-bond acceptors (Lipinski definition) is 6. The average Bonchev–Trinajstić information content (AvgIpc) is 2.89. The molecule has 5 aliphatic carbocycles. The Bertz CT molecular complexity index is 1310. The minimum Gasteiger partial charge on any atom is -0.400 e. The van der Waals surface area contributed by atoms with E-state index in [1.54, 1.807) is 6.08 Å². The highest BCUT2D eigenvalue weighted by molar-refractivity contribution is 7.48. The van der Waals surface area contributed by atoms with Gasteiger partial charge in [0.05, 0.1) is 11.5 Å². The molecule has 3 saturated carbocycles. The summed E-state index contributed by atoms with van der Waals surface area (Å²) in [7, 11) is -1.38. The van der Waals surface area contributed by atoms with Gasteiger partial charge in [-0.1, -0.05) is 45.4 Å². The predicted octanol–water partition coefficient (Wildman–Crippen LogP) is 8.00. The number of rotatable bonds is 4. The quantitative estimate of drug-likeness (QED) is 0.337. The lowest BCUT2D eigenvalue weighted by molar-refractivity contribution is -0.155. The highest BCUT2D eigenvalue weighted by Gasteiger charge is 2.66. The largest absolute Gasteiger partial charge is 0.529 e. The van der Waals surface area contributed by atoms with Crippen molar-refractivity contribution in [1.82, 2.24) is 0 Å². The molecule has 38 heavy (non-hydrogen) atoms. The molecule has 1 unspecified atom stereocenters. The first-order valence-corrected chi connectivity index (χ1v) is 15.3. The van der Waals surface area contributed by atoms with E-state index < -0.39 is 7.82 Å². The van der Waals surface area contributed by atoms with Crippen molar-refractivity contribution in [1.29, 1.82) is 5.26 Å². The molecular weight excluding hydrogens is 497 g/mol. The summed E-state index contributed by atoms with van der Waals surface area (Å²) in [5.74, 6) is 0.188. The van der Waals surface area contributed by atoms with Crippen molar-refractivity contribution in [2.75, 3.05) is 14.2 Å². The Morgan fingerprint density at radius 2 is 1.63 bits per heavy atom. The van der Waals surface area contributed by atoms with Crippen LogP contribution >= 0.6 is 7.82 Å². The van der Waals surface area contributed by atoms with Gasteiger partial charge in [0, 0.05) is 25.2 Å². The number of hydrogen-bond donors (Lipinski definition) is 0. The second kappa shape index (κ2) is 8.53. The zero-order chi connectivity index (χ0) is 27.9. The molecular formula is C31H42NO5P. The first kappa shape index (κ1) is 27.6. The molecule has 206 valence electrons. The summed E-state index contributed by atoms with van der Waals surface area (Å²) in [6.45, 7) is 13.7. The van der Waals surface area contributed by atoms with Crippen LogP contribution < -0.4 is 0 Å². The van der Waals surface area contributed by atoms with Gasteiger partial charge in [-0.25, -0.2) is 4.57 Å². The Balaban J connectivity index is 1.60. The third kappa shape index (κ3) is 3.58. The van der Waals surface area contributed by atoms with Gasteiger partial charge in [-0.2, -0.15) is 5.26 Å². The van der Waals surface area contributed by atoms with E-state index in [9.17, 15) is 14.6 Å².